The lowest BCUT2D eigenvalue weighted by atomic mass is 10.2. The van der Waals surface area contributed by atoms with Crippen molar-refractivity contribution < 1.29 is 22.8 Å². The zero-order valence-corrected chi connectivity index (χ0v) is 11.7. The zero-order valence-electron chi connectivity index (χ0n) is 11.7. The van der Waals surface area contributed by atoms with Gasteiger partial charge in [0.2, 0.25) is 5.91 Å². The summed E-state index contributed by atoms with van der Waals surface area (Å²) in [6.07, 6.45) is -2.49. The lowest BCUT2D eigenvalue weighted by molar-refractivity contribution is -0.137. The molecule has 0 bridgehead atoms. The summed E-state index contributed by atoms with van der Waals surface area (Å²) in [5.74, 6) is -0.167. The van der Waals surface area contributed by atoms with Crippen LogP contribution in [0.4, 0.5) is 23.7 Å². The lowest BCUT2D eigenvalue weighted by Crippen LogP contribution is -2.40. The normalized spacial score (nSPS) is 14.8. The molecular formula is C14H16F3N3O2. The largest absolute Gasteiger partial charge is 0.416 e. The predicted octanol–water partition coefficient (Wildman–Crippen LogP) is 2.45. The van der Waals surface area contributed by atoms with Crippen LogP contribution in [-0.4, -0.2) is 36.5 Å². The van der Waals surface area contributed by atoms with Gasteiger partial charge in [-0.15, -0.1) is 0 Å². The van der Waals surface area contributed by atoms with Gasteiger partial charge in [-0.3, -0.25) is 4.79 Å². The van der Waals surface area contributed by atoms with Crippen molar-refractivity contribution in [1.29, 1.82) is 0 Å². The molecule has 1 aliphatic rings. The highest BCUT2D eigenvalue weighted by Gasteiger charge is 2.30. The quantitative estimate of drug-likeness (QED) is 0.900. The molecule has 0 spiro atoms. The number of nitrogens with zero attached hydrogens (tertiary/aromatic N) is 1. The monoisotopic (exact) mass is 315 g/mol. The summed E-state index contributed by atoms with van der Waals surface area (Å²) in [5, 5.41) is 4.77. The maximum absolute atomic E-state index is 12.4. The van der Waals surface area contributed by atoms with E-state index in [0.29, 0.717) is 13.1 Å². The standard InChI is InChI=1S/C14H16F3N3O2/c15-14(16,17)10-3-5-11(6-4-10)19-13(22)18-9-12(21)20-7-1-2-8-20/h3-6H,1-2,7-9H2,(H2,18,19,22). The molecule has 1 aliphatic heterocycles. The van der Waals surface area contributed by atoms with Gasteiger partial charge in [-0.25, -0.2) is 4.79 Å². The second-order valence-electron chi connectivity index (χ2n) is 4.97. The van der Waals surface area contributed by atoms with Gasteiger partial charge in [0.1, 0.15) is 0 Å². The number of hydrogen-bond donors (Lipinski definition) is 2. The number of anilines is 1. The van der Waals surface area contributed by atoms with Crippen LogP contribution in [0.1, 0.15) is 18.4 Å². The molecule has 0 aromatic heterocycles. The van der Waals surface area contributed by atoms with Crippen LogP contribution in [-0.2, 0) is 11.0 Å². The molecule has 22 heavy (non-hydrogen) atoms. The van der Waals surface area contributed by atoms with Crippen LogP contribution in [0.2, 0.25) is 0 Å². The maximum Gasteiger partial charge on any atom is 0.416 e. The summed E-state index contributed by atoms with van der Waals surface area (Å²) in [7, 11) is 0. The molecule has 0 atom stereocenters. The molecule has 0 aliphatic carbocycles. The number of halogens is 3. The van der Waals surface area contributed by atoms with Gasteiger partial charge in [0, 0.05) is 18.8 Å². The van der Waals surface area contributed by atoms with Gasteiger partial charge in [0.15, 0.2) is 0 Å². The van der Waals surface area contributed by atoms with E-state index in [0.717, 1.165) is 37.1 Å². The van der Waals surface area contributed by atoms with E-state index in [9.17, 15) is 22.8 Å². The Morgan fingerprint density at radius 3 is 2.23 bits per heavy atom. The highest BCUT2D eigenvalue weighted by molar-refractivity contribution is 5.92. The third-order valence-electron chi connectivity index (χ3n) is 3.33. The number of amides is 3. The van der Waals surface area contributed by atoms with Crippen LogP contribution < -0.4 is 10.6 Å². The first-order valence-corrected chi connectivity index (χ1v) is 6.86. The first-order chi connectivity index (χ1) is 10.4. The molecule has 1 saturated heterocycles. The van der Waals surface area contributed by atoms with Crippen LogP contribution in [0, 0.1) is 0 Å². The highest BCUT2D eigenvalue weighted by atomic mass is 19.4. The molecule has 0 unspecified atom stereocenters. The Labute approximate surface area is 125 Å². The van der Waals surface area contributed by atoms with E-state index in [1.165, 1.54) is 0 Å². The molecule has 2 N–H and O–H groups in total. The smallest absolute Gasteiger partial charge is 0.341 e. The lowest BCUT2D eigenvalue weighted by Gasteiger charge is -2.15. The van der Waals surface area contributed by atoms with E-state index >= 15 is 0 Å². The number of rotatable bonds is 3. The van der Waals surface area contributed by atoms with Crippen molar-refractivity contribution >= 4 is 17.6 Å². The summed E-state index contributed by atoms with van der Waals surface area (Å²) in [5.41, 5.74) is -0.568. The van der Waals surface area contributed by atoms with Crippen LogP contribution in [0.3, 0.4) is 0 Å². The Morgan fingerprint density at radius 2 is 1.68 bits per heavy atom. The molecule has 1 aromatic carbocycles. The van der Waals surface area contributed by atoms with Gasteiger partial charge in [-0.05, 0) is 37.1 Å². The second-order valence-corrected chi connectivity index (χ2v) is 4.97. The van der Waals surface area contributed by atoms with Gasteiger partial charge in [0.05, 0.1) is 12.1 Å². The summed E-state index contributed by atoms with van der Waals surface area (Å²) < 4.78 is 37.2. The van der Waals surface area contributed by atoms with E-state index in [1.807, 2.05) is 0 Å². The minimum atomic E-state index is -4.41. The Morgan fingerprint density at radius 1 is 1.09 bits per heavy atom. The topological polar surface area (TPSA) is 61.4 Å². The summed E-state index contributed by atoms with van der Waals surface area (Å²) in [6, 6.07) is 3.44. The molecule has 8 heteroatoms. The molecule has 1 heterocycles. The van der Waals surface area contributed by atoms with Gasteiger partial charge in [-0.2, -0.15) is 13.2 Å². The van der Waals surface area contributed by atoms with Crippen LogP contribution >= 0.6 is 0 Å². The summed E-state index contributed by atoms with van der Waals surface area (Å²) in [4.78, 5) is 25.0. The molecular weight excluding hydrogens is 299 g/mol. The first kappa shape index (κ1) is 16.1. The third kappa shape index (κ3) is 4.37. The number of urea groups is 1. The van der Waals surface area contributed by atoms with Crippen molar-refractivity contribution in [3.8, 4) is 0 Å². The number of nitrogens with one attached hydrogen (secondary N) is 2. The molecule has 120 valence electrons. The van der Waals surface area contributed by atoms with Gasteiger partial charge < -0.3 is 15.5 Å². The molecule has 1 aromatic rings. The Kier molecular flexibility index (Phi) is 4.89. The first-order valence-electron chi connectivity index (χ1n) is 6.86. The molecule has 1 fully saturated rings. The minimum Gasteiger partial charge on any atom is -0.341 e. The van der Waals surface area contributed by atoms with Crippen LogP contribution in [0.15, 0.2) is 24.3 Å². The predicted molar refractivity (Wildman–Crippen MR) is 74.3 cm³/mol. The molecule has 2 rings (SSSR count). The van der Waals surface area contributed by atoms with Crippen molar-refractivity contribution in [3.05, 3.63) is 29.8 Å². The molecule has 3 amide bonds. The average Bonchev–Trinajstić information content (AvgIpc) is 2.98. The highest BCUT2D eigenvalue weighted by Crippen LogP contribution is 2.29. The number of carbonyl (C=O) groups is 2. The number of alkyl halides is 3. The van der Waals surface area contributed by atoms with Crippen molar-refractivity contribution in [1.82, 2.24) is 10.2 Å². The van der Waals surface area contributed by atoms with Crippen molar-refractivity contribution in [2.75, 3.05) is 25.0 Å². The van der Waals surface area contributed by atoms with Crippen molar-refractivity contribution in [2.45, 2.75) is 19.0 Å². The number of benzene rings is 1. The fraction of sp³-hybridized carbons (Fsp3) is 0.429. The van der Waals surface area contributed by atoms with E-state index < -0.39 is 17.8 Å². The fourth-order valence-electron chi connectivity index (χ4n) is 2.15. The number of likely N-dealkylation sites (tertiary alicyclic amines) is 1. The molecule has 0 saturated carbocycles. The summed E-state index contributed by atoms with van der Waals surface area (Å²) >= 11 is 0. The minimum absolute atomic E-state index is 0.132. The fourth-order valence-corrected chi connectivity index (χ4v) is 2.15. The number of hydrogen-bond acceptors (Lipinski definition) is 2. The van der Waals surface area contributed by atoms with E-state index in [4.69, 9.17) is 0 Å². The van der Waals surface area contributed by atoms with E-state index in [1.54, 1.807) is 4.90 Å². The Bertz CT molecular complexity index is 537. The maximum atomic E-state index is 12.4. The van der Waals surface area contributed by atoms with Crippen molar-refractivity contribution in [2.24, 2.45) is 0 Å². The second kappa shape index (κ2) is 6.67. The Balaban J connectivity index is 1.80. The van der Waals surface area contributed by atoms with Gasteiger partial charge in [-0.1, -0.05) is 0 Å². The van der Waals surface area contributed by atoms with E-state index in [2.05, 4.69) is 10.6 Å². The number of carbonyl (C=O) groups excluding carboxylic acids is 2. The van der Waals surface area contributed by atoms with Gasteiger partial charge >= 0.3 is 12.2 Å². The zero-order chi connectivity index (χ0) is 16.2. The van der Waals surface area contributed by atoms with E-state index in [-0.39, 0.29) is 18.1 Å². The molecule has 0 radical (unpaired) electrons. The van der Waals surface area contributed by atoms with Crippen molar-refractivity contribution in [3.63, 3.8) is 0 Å². The summed E-state index contributed by atoms with van der Waals surface area (Å²) in [6.45, 7) is 1.26. The third-order valence-corrected chi connectivity index (χ3v) is 3.33. The van der Waals surface area contributed by atoms with Gasteiger partial charge in [0.25, 0.3) is 0 Å². The van der Waals surface area contributed by atoms with Crippen LogP contribution in [0.5, 0.6) is 0 Å². The molecule has 5 nitrogen and oxygen atoms in total. The van der Waals surface area contributed by atoms with Crippen LogP contribution in [0.25, 0.3) is 0 Å². The average molecular weight is 315 g/mol. The SMILES string of the molecule is O=C(NCC(=O)N1CCCC1)Nc1ccc(C(F)(F)F)cc1. The Hall–Kier alpha value is -2.25.